The predicted molar refractivity (Wildman–Crippen MR) is 83.5 cm³/mol. The number of ether oxygens (including phenoxy) is 1. The summed E-state index contributed by atoms with van der Waals surface area (Å²) in [5.74, 6) is 0.695. The van der Waals surface area contributed by atoms with E-state index in [-0.39, 0.29) is 6.04 Å². The molecule has 1 N–H and O–H groups in total. The molecule has 4 heteroatoms. The van der Waals surface area contributed by atoms with Gasteiger partial charge in [-0.1, -0.05) is 0 Å². The van der Waals surface area contributed by atoms with Gasteiger partial charge in [0.15, 0.2) is 0 Å². The standard InChI is InChI=1S/C16H18N2OS/c1-10-7-14(12(3)20-10)11(2)18-15-6-5-13(9-17)8-16(15)19-4/h5-8,11,18H,1-4H3. The van der Waals surface area contributed by atoms with Crippen LogP contribution in [0, 0.1) is 25.2 Å². The second kappa shape index (κ2) is 5.98. The van der Waals surface area contributed by atoms with E-state index in [9.17, 15) is 0 Å². The number of hydrogen-bond acceptors (Lipinski definition) is 4. The summed E-state index contributed by atoms with van der Waals surface area (Å²) in [6.07, 6.45) is 0. The number of nitrogens with zero attached hydrogens (tertiary/aromatic N) is 1. The van der Waals surface area contributed by atoms with E-state index in [0.29, 0.717) is 11.3 Å². The van der Waals surface area contributed by atoms with E-state index in [1.54, 1.807) is 19.2 Å². The molecule has 1 aromatic heterocycles. The van der Waals surface area contributed by atoms with Crippen LogP contribution in [0.5, 0.6) is 5.75 Å². The molecule has 20 heavy (non-hydrogen) atoms. The lowest BCUT2D eigenvalue weighted by molar-refractivity contribution is 0.416. The maximum Gasteiger partial charge on any atom is 0.143 e. The number of methoxy groups -OCH3 is 1. The summed E-state index contributed by atoms with van der Waals surface area (Å²) < 4.78 is 5.35. The van der Waals surface area contributed by atoms with Gasteiger partial charge >= 0.3 is 0 Å². The van der Waals surface area contributed by atoms with Crippen LogP contribution in [0.4, 0.5) is 5.69 Å². The molecule has 0 spiro atoms. The van der Waals surface area contributed by atoms with E-state index in [0.717, 1.165) is 5.69 Å². The van der Waals surface area contributed by atoms with Crippen molar-refractivity contribution < 1.29 is 4.74 Å². The topological polar surface area (TPSA) is 45.0 Å². The molecule has 0 fully saturated rings. The van der Waals surface area contributed by atoms with E-state index in [1.165, 1.54) is 15.3 Å². The Bertz CT molecular complexity index is 655. The van der Waals surface area contributed by atoms with Crippen LogP contribution >= 0.6 is 11.3 Å². The molecule has 3 nitrogen and oxygen atoms in total. The van der Waals surface area contributed by atoms with Crippen molar-refractivity contribution >= 4 is 17.0 Å². The average Bonchev–Trinajstić information content (AvgIpc) is 2.78. The smallest absolute Gasteiger partial charge is 0.143 e. The SMILES string of the molecule is COc1cc(C#N)ccc1NC(C)c1cc(C)sc1C. The van der Waals surface area contributed by atoms with Gasteiger partial charge < -0.3 is 10.1 Å². The summed E-state index contributed by atoms with van der Waals surface area (Å²) in [4.78, 5) is 2.65. The summed E-state index contributed by atoms with van der Waals surface area (Å²) >= 11 is 1.81. The van der Waals surface area contributed by atoms with Crippen molar-refractivity contribution in [2.75, 3.05) is 12.4 Å². The Morgan fingerprint density at radius 2 is 2.05 bits per heavy atom. The summed E-state index contributed by atoms with van der Waals surface area (Å²) in [5, 5.41) is 12.4. The van der Waals surface area contributed by atoms with Crippen molar-refractivity contribution in [3.63, 3.8) is 0 Å². The van der Waals surface area contributed by atoms with Crippen molar-refractivity contribution in [3.05, 3.63) is 45.1 Å². The van der Waals surface area contributed by atoms with Crippen LogP contribution in [-0.4, -0.2) is 7.11 Å². The zero-order valence-corrected chi connectivity index (χ0v) is 13.0. The van der Waals surface area contributed by atoms with Gasteiger partial charge in [-0.05, 0) is 44.5 Å². The second-order valence-corrected chi connectivity index (χ2v) is 6.22. The first kappa shape index (κ1) is 14.4. The van der Waals surface area contributed by atoms with Crippen molar-refractivity contribution in [1.82, 2.24) is 0 Å². The van der Waals surface area contributed by atoms with Crippen molar-refractivity contribution in [3.8, 4) is 11.8 Å². The normalized spacial score (nSPS) is 11.8. The van der Waals surface area contributed by atoms with Gasteiger partial charge in [0.25, 0.3) is 0 Å². The highest BCUT2D eigenvalue weighted by Gasteiger charge is 2.13. The number of aryl methyl sites for hydroxylation is 2. The Morgan fingerprint density at radius 1 is 1.30 bits per heavy atom. The molecule has 1 aromatic carbocycles. The Labute approximate surface area is 123 Å². The van der Waals surface area contributed by atoms with Crippen LogP contribution < -0.4 is 10.1 Å². The lowest BCUT2D eigenvalue weighted by atomic mass is 10.1. The molecule has 0 saturated heterocycles. The van der Waals surface area contributed by atoms with Crippen LogP contribution in [0.25, 0.3) is 0 Å². The van der Waals surface area contributed by atoms with E-state index >= 15 is 0 Å². The number of thiophene rings is 1. The van der Waals surface area contributed by atoms with E-state index in [1.807, 2.05) is 17.4 Å². The van der Waals surface area contributed by atoms with Crippen molar-refractivity contribution in [2.45, 2.75) is 26.8 Å². The van der Waals surface area contributed by atoms with Crippen LogP contribution in [0.2, 0.25) is 0 Å². The quantitative estimate of drug-likeness (QED) is 0.905. The van der Waals surface area contributed by atoms with Gasteiger partial charge in [-0.2, -0.15) is 5.26 Å². The molecule has 0 amide bonds. The van der Waals surface area contributed by atoms with Crippen LogP contribution in [-0.2, 0) is 0 Å². The first-order valence-corrected chi connectivity index (χ1v) is 7.28. The molecular formula is C16H18N2OS. The van der Waals surface area contributed by atoms with Crippen molar-refractivity contribution in [2.24, 2.45) is 0 Å². The largest absolute Gasteiger partial charge is 0.495 e. The number of rotatable bonds is 4. The minimum Gasteiger partial charge on any atom is -0.495 e. The molecule has 0 aliphatic carbocycles. The predicted octanol–water partition coefficient (Wildman–Crippen LogP) is 4.42. The summed E-state index contributed by atoms with van der Waals surface area (Å²) in [6, 6.07) is 9.97. The molecule has 0 saturated carbocycles. The van der Waals surface area contributed by atoms with Crippen LogP contribution in [0.1, 0.15) is 33.8 Å². The van der Waals surface area contributed by atoms with Gasteiger partial charge in [-0.3, -0.25) is 0 Å². The molecule has 1 heterocycles. The van der Waals surface area contributed by atoms with Crippen LogP contribution in [0.3, 0.4) is 0 Å². The fourth-order valence-corrected chi connectivity index (χ4v) is 3.29. The Balaban J connectivity index is 2.26. The molecule has 0 aliphatic rings. The highest BCUT2D eigenvalue weighted by Crippen LogP contribution is 2.32. The van der Waals surface area contributed by atoms with E-state index in [4.69, 9.17) is 10.00 Å². The first-order chi connectivity index (χ1) is 9.55. The van der Waals surface area contributed by atoms with Gasteiger partial charge in [-0.15, -0.1) is 11.3 Å². The van der Waals surface area contributed by atoms with Crippen LogP contribution in [0.15, 0.2) is 24.3 Å². The average molecular weight is 286 g/mol. The summed E-state index contributed by atoms with van der Waals surface area (Å²) in [6.45, 7) is 6.39. The number of anilines is 1. The Morgan fingerprint density at radius 3 is 2.60 bits per heavy atom. The monoisotopic (exact) mass is 286 g/mol. The number of benzene rings is 1. The maximum atomic E-state index is 8.92. The summed E-state index contributed by atoms with van der Waals surface area (Å²) in [5.41, 5.74) is 2.81. The first-order valence-electron chi connectivity index (χ1n) is 6.46. The third kappa shape index (κ3) is 2.94. The molecule has 0 aliphatic heterocycles. The van der Waals surface area contributed by atoms with Gasteiger partial charge in [0.1, 0.15) is 5.75 Å². The lowest BCUT2D eigenvalue weighted by Crippen LogP contribution is -2.08. The number of hydrogen-bond donors (Lipinski definition) is 1. The Hall–Kier alpha value is -1.99. The Kier molecular flexibility index (Phi) is 4.31. The molecule has 0 radical (unpaired) electrons. The lowest BCUT2D eigenvalue weighted by Gasteiger charge is -2.18. The van der Waals surface area contributed by atoms with Crippen molar-refractivity contribution in [1.29, 1.82) is 5.26 Å². The van der Waals surface area contributed by atoms with Gasteiger partial charge in [-0.25, -0.2) is 0 Å². The molecule has 1 unspecified atom stereocenters. The van der Waals surface area contributed by atoms with Gasteiger partial charge in [0.05, 0.1) is 24.4 Å². The van der Waals surface area contributed by atoms with E-state index in [2.05, 4.69) is 38.2 Å². The second-order valence-electron chi connectivity index (χ2n) is 4.76. The fourth-order valence-electron chi connectivity index (χ4n) is 2.27. The molecule has 2 aromatic rings. The zero-order chi connectivity index (χ0) is 14.7. The van der Waals surface area contributed by atoms with Gasteiger partial charge in [0, 0.05) is 21.9 Å². The number of nitriles is 1. The maximum absolute atomic E-state index is 8.92. The third-order valence-corrected chi connectivity index (χ3v) is 4.23. The highest BCUT2D eigenvalue weighted by molar-refractivity contribution is 7.12. The molecule has 0 bridgehead atoms. The molecule has 104 valence electrons. The highest BCUT2D eigenvalue weighted by atomic mass is 32.1. The summed E-state index contributed by atoms with van der Waals surface area (Å²) in [7, 11) is 1.62. The molecule has 2 rings (SSSR count). The van der Waals surface area contributed by atoms with Gasteiger partial charge in [0.2, 0.25) is 0 Å². The molecular weight excluding hydrogens is 268 g/mol. The minimum absolute atomic E-state index is 0.196. The number of nitrogens with one attached hydrogen (secondary N) is 1. The third-order valence-electron chi connectivity index (χ3n) is 3.25. The fraction of sp³-hybridized carbons (Fsp3) is 0.312. The minimum atomic E-state index is 0.196. The van der Waals surface area contributed by atoms with E-state index < -0.39 is 0 Å². The zero-order valence-electron chi connectivity index (χ0n) is 12.2. The molecule has 1 atom stereocenters.